The second-order valence-corrected chi connectivity index (χ2v) is 6.23. The Morgan fingerprint density at radius 3 is 2.95 bits per heavy atom. The number of hydrogen-bond acceptors (Lipinski definition) is 4. The summed E-state index contributed by atoms with van der Waals surface area (Å²) in [5.74, 6) is 0.126. The van der Waals surface area contributed by atoms with E-state index in [0.717, 1.165) is 39.1 Å². The van der Waals surface area contributed by atoms with Crippen LogP contribution < -0.4 is 5.32 Å². The predicted molar refractivity (Wildman–Crippen MR) is 78.3 cm³/mol. The van der Waals surface area contributed by atoms with Gasteiger partial charge in [0.2, 0.25) is 5.91 Å². The molecule has 0 bridgehead atoms. The monoisotopic (exact) mass is 292 g/mol. The van der Waals surface area contributed by atoms with Gasteiger partial charge in [-0.05, 0) is 25.7 Å². The van der Waals surface area contributed by atoms with Crippen LogP contribution in [0.4, 0.5) is 0 Å². The Labute approximate surface area is 125 Å². The number of carbonyl (C=O) groups excluding carboxylic acids is 1. The number of carbonyl (C=O) groups is 1. The zero-order valence-corrected chi connectivity index (χ0v) is 12.5. The number of aromatic nitrogens is 2. The van der Waals surface area contributed by atoms with E-state index in [1.165, 1.54) is 12.8 Å². The van der Waals surface area contributed by atoms with Crippen molar-refractivity contribution in [1.29, 1.82) is 0 Å². The van der Waals surface area contributed by atoms with E-state index in [1.54, 1.807) is 6.20 Å². The van der Waals surface area contributed by atoms with Gasteiger partial charge in [0.25, 0.3) is 0 Å². The fourth-order valence-electron chi connectivity index (χ4n) is 2.76. The molecule has 0 unspecified atom stereocenters. The molecular formula is C15H24N4O2. The first-order chi connectivity index (χ1) is 10.3. The maximum absolute atomic E-state index is 12.0. The highest BCUT2D eigenvalue weighted by molar-refractivity contribution is 5.76. The second kappa shape index (κ2) is 6.58. The SMILES string of the molecule is O=C(CCN1CCCCO1)NCC1(Cn2ccnc2)CC1. The van der Waals surface area contributed by atoms with Crippen molar-refractivity contribution >= 4 is 5.91 Å². The summed E-state index contributed by atoms with van der Waals surface area (Å²) >= 11 is 0. The Morgan fingerprint density at radius 1 is 1.38 bits per heavy atom. The molecule has 6 nitrogen and oxygen atoms in total. The minimum Gasteiger partial charge on any atom is -0.355 e. The topological polar surface area (TPSA) is 59.4 Å². The van der Waals surface area contributed by atoms with Crippen molar-refractivity contribution in [1.82, 2.24) is 19.9 Å². The normalized spacial score (nSPS) is 21.1. The molecule has 1 N–H and O–H groups in total. The number of hydrogen-bond donors (Lipinski definition) is 1. The second-order valence-electron chi connectivity index (χ2n) is 6.23. The van der Waals surface area contributed by atoms with Gasteiger partial charge < -0.3 is 9.88 Å². The van der Waals surface area contributed by atoms with Gasteiger partial charge in [0.1, 0.15) is 0 Å². The van der Waals surface area contributed by atoms with Crippen LogP contribution >= 0.6 is 0 Å². The van der Waals surface area contributed by atoms with Crippen LogP contribution in [0, 0.1) is 5.41 Å². The first kappa shape index (κ1) is 14.5. The molecule has 6 heteroatoms. The minimum absolute atomic E-state index is 0.126. The molecule has 0 aromatic carbocycles. The van der Waals surface area contributed by atoms with Crippen molar-refractivity contribution in [3.8, 4) is 0 Å². The average molecular weight is 292 g/mol. The fraction of sp³-hybridized carbons (Fsp3) is 0.733. The molecule has 1 aliphatic heterocycles. The van der Waals surface area contributed by atoms with Crippen LogP contribution in [0.2, 0.25) is 0 Å². The maximum atomic E-state index is 12.0. The van der Waals surface area contributed by atoms with E-state index in [4.69, 9.17) is 4.84 Å². The van der Waals surface area contributed by atoms with Crippen LogP contribution in [0.15, 0.2) is 18.7 Å². The van der Waals surface area contributed by atoms with Crippen molar-refractivity contribution in [2.45, 2.75) is 38.6 Å². The first-order valence-electron chi connectivity index (χ1n) is 7.86. The standard InChI is InChI=1S/C15H24N4O2/c20-14(3-8-19-7-1-2-10-21-19)17-11-15(4-5-15)12-18-9-6-16-13-18/h6,9,13H,1-5,7-8,10-12H2,(H,17,20). The van der Waals surface area contributed by atoms with E-state index in [9.17, 15) is 4.79 Å². The van der Waals surface area contributed by atoms with E-state index in [1.807, 2.05) is 17.6 Å². The average Bonchev–Trinajstić information content (AvgIpc) is 3.08. The highest BCUT2D eigenvalue weighted by Gasteiger charge is 2.42. The largest absolute Gasteiger partial charge is 0.355 e. The van der Waals surface area contributed by atoms with Crippen molar-refractivity contribution in [2.24, 2.45) is 5.41 Å². The molecule has 0 radical (unpaired) electrons. The molecule has 2 fully saturated rings. The van der Waals surface area contributed by atoms with Gasteiger partial charge in [0.05, 0.1) is 12.9 Å². The van der Waals surface area contributed by atoms with E-state index < -0.39 is 0 Å². The lowest BCUT2D eigenvalue weighted by molar-refractivity contribution is -0.181. The minimum atomic E-state index is 0.126. The van der Waals surface area contributed by atoms with Crippen molar-refractivity contribution in [3.05, 3.63) is 18.7 Å². The van der Waals surface area contributed by atoms with Gasteiger partial charge in [-0.3, -0.25) is 9.63 Å². The highest BCUT2D eigenvalue weighted by Crippen LogP contribution is 2.46. The summed E-state index contributed by atoms with van der Waals surface area (Å²) in [5, 5.41) is 5.00. The molecule has 1 saturated carbocycles. The van der Waals surface area contributed by atoms with Gasteiger partial charge in [-0.25, -0.2) is 4.98 Å². The third kappa shape index (κ3) is 4.28. The number of amides is 1. The molecule has 2 aliphatic rings. The number of imidazole rings is 1. The number of nitrogens with one attached hydrogen (secondary N) is 1. The summed E-state index contributed by atoms with van der Waals surface area (Å²) in [5.41, 5.74) is 0.248. The van der Waals surface area contributed by atoms with E-state index >= 15 is 0 Å². The number of hydroxylamine groups is 2. The van der Waals surface area contributed by atoms with Crippen LogP contribution in [-0.2, 0) is 16.2 Å². The van der Waals surface area contributed by atoms with Crippen LogP contribution in [0.1, 0.15) is 32.1 Å². The maximum Gasteiger partial charge on any atom is 0.221 e. The van der Waals surface area contributed by atoms with Crippen molar-refractivity contribution < 1.29 is 9.63 Å². The summed E-state index contributed by atoms with van der Waals surface area (Å²) in [6, 6.07) is 0. The molecule has 0 spiro atoms. The predicted octanol–water partition coefficient (Wildman–Crippen LogP) is 1.20. The van der Waals surface area contributed by atoms with Crippen LogP contribution in [0.3, 0.4) is 0 Å². The fourth-order valence-corrected chi connectivity index (χ4v) is 2.76. The quantitative estimate of drug-likeness (QED) is 0.820. The van der Waals surface area contributed by atoms with Gasteiger partial charge in [-0.1, -0.05) is 0 Å². The molecule has 1 aromatic rings. The lowest BCUT2D eigenvalue weighted by Gasteiger charge is -2.25. The molecule has 3 rings (SSSR count). The molecule has 1 aromatic heterocycles. The van der Waals surface area contributed by atoms with Crippen LogP contribution in [-0.4, -0.2) is 46.8 Å². The molecule has 0 atom stereocenters. The summed E-state index contributed by atoms with van der Waals surface area (Å²) < 4.78 is 2.10. The molecule has 1 aliphatic carbocycles. The van der Waals surface area contributed by atoms with Crippen LogP contribution in [0.5, 0.6) is 0 Å². The van der Waals surface area contributed by atoms with Gasteiger partial charge in [0.15, 0.2) is 0 Å². The molecule has 21 heavy (non-hydrogen) atoms. The van der Waals surface area contributed by atoms with Gasteiger partial charge in [-0.15, -0.1) is 0 Å². The molecule has 2 heterocycles. The van der Waals surface area contributed by atoms with Crippen molar-refractivity contribution in [2.75, 3.05) is 26.2 Å². The van der Waals surface area contributed by atoms with E-state index in [2.05, 4.69) is 14.9 Å². The molecule has 116 valence electrons. The summed E-state index contributed by atoms with van der Waals surface area (Å²) in [4.78, 5) is 21.5. The van der Waals surface area contributed by atoms with E-state index in [0.29, 0.717) is 13.0 Å². The van der Waals surface area contributed by atoms with Gasteiger partial charge in [-0.2, -0.15) is 5.06 Å². The Morgan fingerprint density at radius 2 is 2.29 bits per heavy atom. The summed E-state index contributed by atoms with van der Waals surface area (Å²) in [6.45, 7) is 4.14. The third-order valence-corrected chi connectivity index (χ3v) is 4.36. The van der Waals surface area contributed by atoms with Crippen LogP contribution in [0.25, 0.3) is 0 Å². The lowest BCUT2D eigenvalue weighted by atomic mass is 10.1. The zero-order chi connectivity index (χ0) is 14.5. The summed E-state index contributed by atoms with van der Waals surface area (Å²) in [6.07, 6.45) is 10.8. The van der Waals surface area contributed by atoms with Gasteiger partial charge >= 0.3 is 0 Å². The summed E-state index contributed by atoms with van der Waals surface area (Å²) in [7, 11) is 0. The Bertz CT molecular complexity index is 450. The van der Waals surface area contributed by atoms with Crippen molar-refractivity contribution in [3.63, 3.8) is 0 Å². The van der Waals surface area contributed by atoms with Gasteiger partial charge in [0, 0.05) is 50.4 Å². The Balaban J connectivity index is 1.35. The third-order valence-electron chi connectivity index (χ3n) is 4.36. The number of nitrogens with zero attached hydrogens (tertiary/aromatic N) is 3. The molecule has 1 amide bonds. The Hall–Kier alpha value is -1.40. The highest BCUT2D eigenvalue weighted by atomic mass is 16.7. The number of rotatable bonds is 7. The van der Waals surface area contributed by atoms with E-state index in [-0.39, 0.29) is 11.3 Å². The molecular weight excluding hydrogens is 268 g/mol. The lowest BCUT2D eigenvalue weighted by Crippen LogP contribution is -2.36. The Kier molecular flexibility index (Phi) is 4.55. The molecule has 1 saturated heterocycles. The smallest absolute Gasteiger partial charge is 0.221 e. The first-order valence-corrected chi connectivity index (χ1v) is 7.86. The zero-order valence-electron chi connectivity index (χ0n) is 12.5.